The standard InChI is InChI=1S/C25H44NO4PS/c1-4-29-31(28,30-5-2)25(22-23-18-14-13-15-19-23)26-24(27)20-16-11-9-7-8-10-12-17-21-32-6-3/h13-15,18-19,25H,4-12,16-17,20-22H2,1-3H3,(H,26,27). The summed E-state index contributed by atoms with van der Waals surface area (Å²) in [6.07, 6.45) is 10.4. The molecule has 0 aliphatic carbocycles. The van der Waals surface area contributed by atoms with Crippen LogP contribution in [-0.2, 0) is 24.8 Å². The average Bonchev–Trinajstić information content (AvgIpc) is 2.78. The lowest BCUT2D eigenvalue weighted by Gasteiger charge is -2.27. The zero-order chi connectivity index (χ0) is 23.5. The van der Waals surface area contributed by atoms with Gasteiger partial charge in [0.15, 0.2) is 0 Å². The van der Waals surface area contributed by atoms with Crippen molar-refractivity contribution in [3.05, 3.63) is 35.9 Å². The van der Waals surface area contributed by atoms with E-state index in [1.54, 1.807) is 13.8 Å². The fourth-order valence-electron chi connectivity index (χ4n) is 3.61. The van der Waals surface area contributed by atoms with Crippen LogP contribution in [0.5, 0.6) is 0 Å². The third-order valence-electron chi connectivity index (χ3n) is 5.25. The van der Waals surface area contributed by atoms with E-state index in [4.69, 9.17) is 9.05 Å². The van der Waals surface area contributed by atoms with E-state index in [1.165, 1.54) is 50.0 Å². The summed E-state index contributed by atoms with van der Waals surface area (Å²) in [7, 11) is -3.45. The number of amides is 1. The molecule has 1 N–H and O–H groups in total. The molecule has 0 radical (unpaired) electrons. The Labute approximate surface area is 200 Å². The molecule has 1 aromatic rings. The van der Waals surface area contributed by atoms with Gasteiger partial charge in [-0.15, -0.1) is 0 Å². The van der Waals surface area contributed by atoms with Crippen LogP contribution in [0.1, 0.15) is 84.1 Å². The van der Waals surface area contributed by atoms with Crippen molar-refractivity contribution in [1.29, 1.82) is 0 Å². The second kappa shape index (κ2) is 18.6. The van der Waals surface area contributed by atoms with E-state index in [0.29, 0.717) is 12.8 Å². The Balaban J connectivity index is 2.40. The number of nitrogens with one attached hydrogen (secondary N) is 1. The van der Waals surface area contributed by atoms with Gasteiger partial charge in [0.05, 0.1) is 13.2 Å². The SMILES string of the molecule is CCOP(=O)(OCC)C(Cc1ccccc1)NC(=O)CCCCCCCCCCSCC. The van der Waals surface area contributed by atoms with E-state index >= 15 is 0 Å². The summed E-state index contributed by atoms with van der Waals surface area (Å²) in [4.78, 5) is 12.6. The summed E-state index contributed by atoms with van der Waals surface area (Å²) in [5.41, 5.74) is 0.991. The molecule has 0 spiro atoms. The summed E-state index contributed by atoms with van der Waals surface area (Å²) in [6.45, 7) is 6.34. The number of unbranched alkanes of at least 4 members (excludes halogenated alkanes) is 7. The topological polar surface area (TPSA) is 64.6 Å². The molecule has 0 saturated carbocycles. The van der Waals surface area contributed by atoms with Crippen LogP contribution < -0.4 is 5.32 Å². The number of rotatable bonds is 20. The monoisotopic (exact) mass is 485 g/mol. The Kier molecular flexibility index (Phi) is 17.0. The predicted octanol–water partition coefficient (Wildman–Crippen LogP) is 7.20. The molecule has 0 saturated heterocycles. The van der Waals surface area contributed by atoms with Crippen molar-refractivity contribution in [3.63, 3.8) is 0 Å². The van der Waals surface area contributed by atoms with Crippen LogP contribution in [0.3, 0.4) is 0 Å². The second-order valence-electron chi connectivity index (χ2n) is 7.92. The molecule has 0 fully saturated rings. The van der Waals surface area contributed by atoms with E-state index in [9.17, 15) is 9.36 Å². The fraction of sp³-hybridized carbons (Fsp3) is 0.720. The molecule has 0 aromatic heterocycles. The Bertz CT molecular complexity index is 634. The lowest BCUT2D eigenvalue weighted by molar-refractivity contribution is -0.121. The van der Waals surface area contributed by atoms with Crippen molar-refractivity contribution in [3.8, 4) is 0 Å². The molecule has 184 valence electrons. The summed E-state index contributed by atoms with van der Waals surface area (Å²) >= 11 is 2.03. The van der Waals surface area contributed by atoms with E-state index in [1.807, 2.05) is 42.1 Å². The molecule has 5 nitrogen and oxygen atoms in total. The van der Waals surface area contributed by atoms with E-state index in [2.05, 4.69) is 12.2 Å². The second-order valence-corrected chi connectivity index (χ2v) is 11.5. The molecule has 1 amide bonds. The lowest BCUT2D eigenvalue weighted by Crippen LogP contribution is -2.37. The Hall–Kier alpha value is -0.810. The van der Waals surface area contributed by atoms with Crippen molar-refractivity contribution in [2.75, 3.05) is 24.7 Å². The Morgan fingerprint density at radius 1 is 0.906 bits per heavy atom. The van der Waals surface area contributed by atoms with Gasteiger partial charge in [-0.3, -0.25) is 9.36 Å². The third kappa shape index (κ3) is 13.0. The van der Waals surface area contributed by atoms with Crippen LogP contribution in [-0.4, -0.2) is 36.4 Å². The van der Waals surface area contributed by atoms with Gasteiger partial charge in [-0.1, -0.05) is 75.8 Å². The normalized spacial score (nSPS) is 12.6. The number of benzene rings is 1. The highest BCUT2D eigenvalue weighted by Crippen LogP contribution is 2.53. The van der Waals surface area contributed by atoms with Gasteiger partial charge in [0.25, 0.3) is 0 Å². The van der Waals surface area contributed by atoms with E-state index in [0.717, 1.165) is 18.4 Å². The van der Waals surface area contributed by atoms with Gasteiger partial charge in [-0.05, 0) is 43.8 Å². The van der Waals surface area contributed by atoms with Crippen LogP contribution in [0, 0.1) is 0 Å². The number of carbonyl (C=O) groups excluding carboxylic acids is 1. The van der Waals surface area contributed by atoms with Gasteiger partial charge in [0, 0.05) is 12.8 Å². The minimum absolute atomic E-state index is 0.0843. The minimum atomic E-state index is -3.45. The molecule has 0 aliphatic rings. The van der Waals surface area contributed by atoms with Gasteiger partial charge in [0.2, 0.25) is 5.91 Å². The molecule has 1 unspecified atom stereocenters. The van der Waals surface area contributed by atoms with Crippen molar-refractivity contribution in [2.45, 2.75) is 90.8 Å². The maximum atomic E-state index is 13.4. The Morgan fingerprint density at radius 3 is 2.03 bits per heavy atom. The maximum absolute atomic E-state index is 13.4. The zero-order valence-electron chi connectivity index (χ0n) is 20.4. The predicted molar refractivity (Wildman–Crippen MR) is 137 cm³/mol. The molecular formula is C25H44NO4PS. The van der Waals surface area contributed by atoms with Crippen molar-refractivity contribution < 1.29 is 18.4 Å². The van der Waals surface area contributed by atoms with E-state index in [-0.39, 0.29) is 19.1 Å². The first kappa shape index (κ1) is 29.2. The quantitative estimate of drug-likeness (QED) is 0.156. The highest BCUT2D eigenvalue weighted by molar-refractivity contribution is 7.99. The van der Waals surface area contributed by atoms with Crippen LogP contribution in [0.2, 0.25) is 0 Å². The van der Waals surface area contributed by atoms with Gasteiger partial charge >= 0.3 is 7.60 Å². The van der Waals surface area contributed by atoms with Crippen molar-refractivity contribution in [1.82, 2.24) is 5.32 Å². The third-order valence-corrected chi connectivity index (χ3v) is 8.54. The van der Waals surface area contributed by atoms with Crippen LogP contribution >= 0.6 is 19.4 Å². The lowest BCUT2D eigenvalue weighted by atomic mass is 10.1. The maximum Gasteiger partial charge on any atom is 0.353 e. The molecule has 32 heavy (non-hydrogen) atoms. The largest absolute Gasteiger partial charge is 0.353 e. The van der Waals surface area contributed by atoms with Gasteiger partial charge in [-0.2, -0.15) is 11.8 Å². The molecule has 0 aliphatic heterocycles. The average molecular weight is 486 g/mol. The molecule has 0 heterocycles. The zero-order valence-corrected chi connectivity index (χ0v) is 22.1. The molecule has 1 rings (SSSR count). The van der Waals surface area contributed by atoms with Crippen molar-refractivity contribution >= 4 is 25.3 Å². The first-order valence-electron chi connectivity index (χ1n) is 12.4. The smallest absolute Gasteiger partial charge is 0.342 e. The molecule has 0 bridgehead atoms. The van der Waals surface area contributed by atoms with E-state index < -0.39 is 13.4 Å². The van der Waals surface area contributed by atoms with Gasteiger partial charge < -0.3 is 14.4 Å². The number of hydrogen-bond acceptors (Lipinski definition) is 5. The molecule has 1 aromatic carbocycles. The highest BCUT2D eigenvalue weighted by atomic mass is 32.2. The van der Waals surface area contributed by atoms with Crippen LogP contribution in [0.4, 0.5) is 0 Å². The summed E-state index contributed by atoms with van der Waals surface area (Å²) in [5, 5.41) is 2.96. The first-order chi connectivity index (χ1) is 15.6. The van der Waals surface area contributed by atoms with Crippen LogP contribution in [0.25, 0.3) is 0 Å². The highest BCUT2D eigenvalue weighted by Gasteiger charge is 2.36. The van der Waals surface area contributed by atoms with Crippen LogP contribution in [0.15, 0.2) is 30.3 Å². The Morgan fingerprint density at radius 2 is 1.47 bits per heavy atom. The molecule has 7 heteroatoms. The first-order valence-corrected chi connectivity index (χ1v) is 15.1. The number of carbonyl (C=O) groups is 1. The number of thioether (sulfide) groups is 1. The fourth-order valence-corrected chi connectivity index (χ4v) is 6.20. The number of hydrogen-bond donors (Lipinski definition) is 1. The van der Waals surface area contributed by atoms with Crippen molar-refractivity contribution in [2.24, 2.45) is 0 Å². The summed E-state index contributed by atoms with van der Waals surface area (Å²) < 4.78 is 24.4. The summed E-state index contributed by atoms with van der Waals surface area (Å²) in [6, 6.07) is 9.73. The summed E-state index contributed by atoms with van der Waals surface area (Å²) in [5.74, 6) is 1.74. The molecule has 1 atom stereocenters. The minimum Gasteiger partial charge on any atom is -0.342 e. The van der Waals surface area contributed by atoms with Gasteiger partial charge in [0.1, 0.15) is 5.78 Å². The van der Waals surface area contributed by atoms with Gasteiger partial charge in [-0.25, -0.2) is 0 Å². The molecular weight excluding hydrogens is 441 g/mol.